The summed E-state index contributed by atoms with van der Waals surface area (Å²) in [5.74, 6) is 0.995. The SMILES string of the molecule is CC1=C(Cl)C[C@]2(CC1)C(=O)C=C(OC(C)(C)C)CC2(C)C. The molecule has 1 atom stereocenters. The number of rotatable bonds is 1. The van der Waals surface area contributed by atoms with E-state index in [0.29, 0.717) is 6.42 Å². The second kappa shape index (κ2) is 5.15. The lowest BCUT2D eigenvalue weighted by Gasteiger charge is -2.50. The number of allylic oxidation sites excluding steroid dienone is 4. The molecule has 0 amide bonds. The normalized spacial score (nSPS) is 29.7. The summed E-state index contributed by atoms with van der Waals surface area (Å²) in [7, 11) is 0. The van der Waals surface area contributed by atoms with Crippen LogP contribution in [0.4, 0.5) is 0 Å². The van der Waals surface area contributed by atoms with E-state index in [4.69, 9.17) is 16.3 Å². The third-order valence-electron chi connectivity index (χ3n) is 4.96. The van der Waals surface area contributed by atoms with E-state index in [1.807, 2.05) is 20.8 Å². The van der Waals surface area contributed by atoms with Gasteiger partial charge in [-0.2, -0.15) is 0 Å². The summed E-state index contributed by atoms with van der Waals surface area (Å²) in [4.78, 5) is 12.9. The highest BCUT2D eigenvalue weighted by Gasteiger charge is 2.54. The van der Waals surface area contributed by atoms with E-state index in [0.717, 1.165) is 30.1 Å². The molecule has 0 heterocycles. The van der Waals surface area contributed by atoms with Gasteiger partial charge in [0.25, 0.3) is 0 Å². The first-order valence-electron chi connectivity index (χ1n) is 7.75. The molecule has 0 aliphatic heterocycles. The molecule has 0 N–H and O–H groups in total. The monoisotopic (exact) mass is 310 g/mol. The molecule has 0 radical (unpaired) electrons. The molecule has 0 saturated heterocycles. The van der Waals surface area contributed by atoms with E-state index in [-0.39, 0.29) is 22.2 Å². The highest BCUT2D eigenvalue weighted by atomic mass is 35.5. The molecule has 2 aliphatic carbocycles. The molecule has 21 heavy (non-hydrogen) atoms. The van der Waals surface area contributed by atoms with Crippen LogP contribution in [-0.4, -0.2) is 11.4 Å². The molecule has 2 aliphatic rings. The Labute approximate surface area is 133 Å². The van der Waals surface area contributed by atoms with Crippen LogP contribution in [0.15, 0.2) is 22.4 Å². The summed E-state index contributed by atoms with van der Waals surface area (Å²) >= 11 is 6.40. The van der Waals surface area contributed by atoms with Gasteiger partial charge in [0.2, 0.25) is 0 Å². The van der Waals surface area contributed by atoms with Gasteiger partial charge in [-0.05, 0) is 52.4 Å². The summed E-state index contributed by atoms with van der Waals surface area (Å²) in [6.07, 6.45) is 4.99. The van der Waals surface area contributed by atoms with Crippen LogP contribution in [0.3, 0.4) is 0 Å². The van der Waals surface area contributed by atoms with Crippen molar-refractivity contribution >= 4 is 17.4 Å². The summed E-state index contributed by atoms with van der Waals surface area (Å²) in [5.41, 5.74) is 0.453. The topological polar surface area (TPSA) is 26.3 Å². The minimum Gasteiger partial charge on any atom is -0.492 e. The molecule has 0 aromatic carbocycles. The predicted octanol–water partition coefficient (Wildman–Crippen LogP) is 5.37. The second-order valence-corrected chi connectivity index (χ2v) is 8.65. The van der Waals surface area contributed by atoms with E-state index < -0.39 is 0 Å². The molecule has 0 aromatic rings. The van der Waals surface area contributed by atoms with E-state index in [1.54, 1.807) is 6.08 Å². The number of hydrogen-bond acceptors (Lipinski definition) is 2. The molecule has 0 saturated carbocycles. The fourth-order valence-electron chi connectivity index (χ4n) is 3.56. The third-order valence-corrected chi connectivity index (χ3v) is 5.42. The van der Waals surface area contributed by atoms with E-state index in [1.165, 1.54) is 5.57 Å². The van der Waals surface area contributed by atoms with Crippen molar-refractivity contribution in [2.75, 3.05) is 0 Å². The van der Waals surface area contributed by atoms with Gasteiger partial charge in [-0.15, -0.1) is 0 Å². The summed E-state index contributed by atoms with van der Waals surface area (Å²) < 4.78 is 5.96. The van der Waals surface area contributed by atoms with Gasteiger partial charge in [-0.25, -0.2) is 0 Å². The highest BCUT2D eigenvalue weighted by Crippen LogP contribution is 2.57. The minimum absolute atomic E-state index is 0.139. The van der Waals surface area contributed by atoms with Crippen LogP contribution in [0.25, 0.3) is 0 Å². The molecule has 2 rings (SSSR count). The zero-order valence-electron chi connectivity index (χ0n) is 14.1. The molecule has 0 unspecified atom stereocenters. The molecule has 2 nitrogen and oxygen atoms in total. The first kappa shape index (κ1) is 16.6. The maximum absolute atomic E-state index is 12.9. The van der Waals surface area contributed by atoms with Crippen molar-refractivity contribution in [1.82, 2.24) is 0 Å². The Morgan fingerprint density at radius 1 is 1.24 bits per heavy atom. The first-order chi connectivity index (χ1) is 9.47. The Morgan fingerprint density at radius 3 is 2.33 bits per heavy atom. The van der Waals surface area contributed by atoms with Gasteiger partial charge in [0, 0.05) is 22.9 Å². The Bertz CT molecular complexity index is 520. The van der Waals surface area contributed by atoms with Crippen LogP contribution in [0.1, 0.15) is 67.2 Å². The molecule has 0 fully saturated rings. The Balaban J connectivity index is 2.36. The van der Waals surface area contributed by atoms with Crippen LogP contribution >= 0.6 is 11.6 Å². The van der Waals surface area contributed by atoms with Crippen molar-refractivity contribution < 1.29 is 9.53 Å². The predicted molar refractivity (Wildman–Crippen MR) is 87.2 cm³/mol. The van der Waals surface area contributed by atoms with Gasteiger partial charge >= 0.3 is 0 Å². The molecular formula is C18H27ClO2. The molecule has 0 aromatic heterocycles. The van der Waals surface area contributed by atoms with Crippen molar-refractivity contribution in [3.8, 4) is 0 Å². The van der Waals surface area contributed by atoms with Crippen molar-refractivity contribution in [3.63, 3.8) is 0 Å². The van der Waals surface area contributed by atoms with Gasteiger partial charge in [0.1, 0.15) is 11.4 Å². The van der Waals surface area contributed by atoms with Crippen LogP contribution in [0.2, 0.25) is 0 Å². The van der Waals surface area contributed by atoms with Crippen LogP contribution in [0.5, 0.6) is 0 Å². The molecule has 3 heteroatoms. The lowest BCUT2D eigenvalue weighted by atomic mass is 9.53. The van der Waals surface area contributed by atoms with Crippen molar-refractivity contribution in [2.24, 2.45) is 10.8 Å². The summed E-state index contributed by atoms with van der Waals surface area (Å²) in [5, 5.41) is 0.872. The quantitative estimate of drug-likeness (QED) is 0.651. The second-order valence-electron chi connectivity index (χ2n) is 8.19. The largest absolute Gasteiger partial charge is 0.492 e. The zero-order chi connectivity index (χ0) is 16.1. The molecule has 118 valence electrons. The van der Waals surface area contributed by atoms with Gasteiger partial charge < -0.3 is 4.74 Å². The highest BCUT2D eigenvalue weighted by molar-refractivity contribution is 6.30. The fraction of sp³-hybridized carbons (Fsp3) is 0.722. The van der Waals surface area contributed by atoms with Crippen molar-refractivity contribution in [1.29, 1.82) is 0 Å². The van der Waals surface area contributed by atoms with Gasteiger partial charge in [0.05, 0.1) is 0 Å². The summed E-state index contributed by atoms with van der Waals surface area (Å²) in [6.45, 7) is 12.5. The van der Waals surface area contributed by atoms with Crippen LogP contribution < -0.4 is 0 Å². The standard InChI is InChI=1S/C18H27ClO2/c1-12-7-8-18(11-14(12)19)15(20)9-13(10-17(18,5)6)21-16(2,3)4/h9H,7-8,10-11H2,1-6H3/t18-/m1/s1. The maximum atomic E-state index is 12.9. The molecule has 1 spiro atoms. The van der Waals surface area contributed by atoms with E-state index in [2.05, 4.69) is 20.8 Å². The molecule has 0 bridgehead atoms. The Hall–Kier alpha value is -0.760. The fourth-order valence-corrected chi connectivity index (χ4v) is 3.88. The third kappa shape index (κ3) is 3.06. The van der Waals surface area contributed by atoms with Gasteiger partial charge in [-0.1, -0.05) is 31.0 Å². The zero-order valence-corrected chi connectivity index (χ0v) is 14.9. The number of carbonyl (C=O) groups excluding carboxylic acids is 1. The number of ether oxygens (including phenoxy) is 1. The average Bonchev–Trinajstić information content (AvgIpc) is 2.27. The van der Waals surface area contributed by atoms with Crippen molar-refractivity contribution in [2.45, 2.75) is 72.8 Å². The average molecular weight is 311 g/mol. The summed E-state index contributed by atoms with van der Waals surface area (Å²) in [6, 6.07) is 0. The van der Waals surface area contributed by atoms with Crippen LogP contribution in [0, 0.1) is 10.8 Å². The number of carbonyl (C=O) groups is 1. The lowest BCUT2D eigenvalue weighted by molar-refractivity contribution is -0.135. The molecular weight excluding hydrogens is 284 g/mol. The lowest BCUT2D eigenvalue weighted by Crippen LogP contribution is -2.48. The smallest absolute Gasteiger partial charge is 0.166 e. The van der Waals surface area contributed by atoms with E-state index >= 15 is 0 Å². The van der Waals surface area contributed by atoms with E-state index in [9.17, 15) is 4.79 Å². The number of halogens is 1. The van der Waals surface area contributed by atoms with Crippen LogP contribution in [-0.2, 0) is 9.53 Å². The van der Waals surface area contributed by atoms with Gasteiger partial charge in [-0.3, -0.25) is 4.79 Å². The minimum atomic E-state index is -0.367. The first-order valence-corrected chi connectivity index (χ1v) is 8.13. The Kier molecular flexibility index (Phi) is 4.08. The van der Waals surface area contributed by atoms with Gasteiger partial charge in [0.15, 0.2) is 5.78 Å². The maximum Gasteiger partial charge on any atom is 0.166 e. The Morgan fingerprint density at radius 2 is 1.86 bits per heavy atom. The number of ketones is 1. The van der Waals surface area contributed by atoms with Crippen molar-refractivity contribution in [3.05, 3.63) is 22.4 Å². The number of hydrogen-bond donors (Lipinski definition) is 0.